The second-order valence-corrected chi connectivity index (χ2v) is 3.53. The molecule has 0 aliphatic heterocycles. The average molecular weight is 215 g/mol. The van der Waals surface area contributed by atoms with Crippen molar-refractivity contribution in [1.29, 1.82) is 0 Å². The lowest BCUT2D eigenvalue weighted by atomic mass is 10.2. The Balaban J connectivity index is 2.31. The Morgan fingerprint density at radius 3 is 2.81 bits per heavy atom. The molecule has 2 N–H and O–H groups in total. The lowest BCUT2D eigenvalue weighted by molar-refractivity contribution is 0.730. The lowest BCUT2D eigenvalue weighted by Crippen LogP contribution is -2.20. The monoisotopic (exact) mass is 215 g/mol. The molecule has 2 aromatic heterocycles. The van der Waals surface area contributed by atoms with Gasteiger partial charge in [0.05, 0.1) is 12.2 Å². The van der Waals surface area contributed by atoms with E-state index >= 15 is 0 Å². The van der Waals surface area contributed by atoms with Crippen LogP contribution < -0.4 is 11.3 Å². The highest BCUT2D eigenvalue weighted by atomic mass is 16.1. The van der Waals surface area contributed by atoms with E-state index in [2.05, 4.69) is 4.98 Å². The smallest absolute Gasteiger partial charge is 0.250 e. The molecule has 2 rings (SSSR count). The molecule has 4 nitrogen and oxygen atoms in total. The fourth-order valence-corrected chi connectivity index (χ4v) is 1.49. The predicted octanol–water partition coefficient (Wildman–Crippen LogP) is 0.750. The van der Waals surface area contributed by atoms with Gasteiger partial charge < -0.3 is 10.3 Å². The van der Waals surface area contributed by atoms with Crippen molar-refractivity contribution in [3.8, 4) is 0 Å². The van der Waals surface area contributed by atoms with Crippen molar-refractivity contribution < 1.29 is 0 Å². The molecule has 0 spiro atoms. The van der Waals surface area contributed by atoms with E-state index in [1.165, 1.54) is 6.07 Å². The summed E-state index contributed by atoms with van der Waals surface area (Å²) in [6.45, 7) is 0.913. The summed E-state index contributed by atoms with van der Waals surface area (Å²) in [6, 6.07) is 8.92. The first-order valence-electron chi connectivity index (χ1n) is 5.09. The summed E-state index contributed by atoms with van der Waals surface area (Å²) in [4.78, 5) is 15.8. The van der Waals surface area contributed by atoms with Crippen LogP contribution in [0.1, 0.15) is 11.3 Å². The molecule has 0 radical (unpaired) electrons. The molecule has 82 valence electrons. The summed E-state index contributed by atoms with van der Waals surface area (Å²) in [5, 5.41) is 0. The average Bonchev–Trinajstić information content (AvgIpc) is 2.33. The summed E-state index contributed by atoms with van der Waals surface area (Å²) in [6.07, 6.45) is 3.49. The Labute approximate surface area is 93.4 Å². The zero-order chi connectivity index (χ0) is 11.4. The number of nitrogens with zero attached hydrogens (tertiary/aromatic N) is 2. The minimum absolute atomic E-state index is 0.0390. The van der Waals surface area contributed by atoms with Gasteiger partial charge in [0.2, 0.25) is 0 Å². The summed E-state index contributed by atoms with van der Waals surface area (Å²) >= 11 is 0. The minimum Gasteiger partial charge on any atom is -0.326 e. The van der Waals surface area contributed by atoms with E-state index in [1.807, 2.05) is 18.2 Å². The highest BCUT2D eigenvalue weighted by molar-refractivity contribution is 5.11. The van der Waals surface area contributed by atoms with Gasteiger partial charge in [0.1, 0.15) is 0 Å². The standard InChI is InChI=1S/C12H13N3O/c13-7-10-4-5-12(16)15(8-10)9-11-3-1-2-6-14-11/h1-6,8H,7,9,13H2. The number of rotatable bonds is 3. The van der Waals surface area contributed by atoms with Crippen molar-refractivity contribution in [2.24, 2.45) is 5.73 Å². The first-order chi connectivity index (χ1) is 7.79. The van der Waals surface area contributed by atoms with Crippen LogP contribution in [-0.2, 0) is 13.1 Å². The highest BCUT2D eigenvalue weighted by Crippen LogP contribution is 1.99. The van der Waals surface area contributed by atoms with E-state index < -0.39 is 0 Å². The maximum atomic E-state index is 11.6. The molecule has 0 atom stereocenters. The molecule has 0 saturated heterocycles. The van der Waals surface area contributed by atoms with Crippen LogP contribution in [0.5, 0.6) is 0 Å². The van der Waals surface area contributed by atoms with Crippen molar-refractivity contribution in [1.82, 2.24) is 9.55 Å². The Bertz CT molecular complexity index is 519. The number of nitrogens with two attached hydrogens (primary N) is 1. The van der Waals surface area contributed by atoms with Gasteiger partial charge in [0, 0.05) is 25.0 Å². The Kier molecular flexibility index (Phi) is 3.12. The van der Waals surface area contributed by atoms with Crippen LogP contribution in [0, 0.1) is 0 Å². The highest BCUT2D eigenvalue weighted by Gasteiger charge is 1.99. The van der Waals surface area contributed by atoms with Crippen molar-refractivity contribution in [3.05, 3.63) is 64.3 Å². The zero-order valence-electron chi connectivity index (χ0n) is 8.84. The third kappa shape index (κ3) is 2.35. The first kappa shape index (κ1) is 10.6. The van der Waals surface area contributed by atoms with E-state index in [0.717, 1.165) is 11.3 Å². The maximum Gasteiger partial charge on any atom is 0.250 e. The van der Waals surface area contributed by atoms with Crippen molar-refractivity contribution in [3.63, 3.8) is 0 Å². The lowest BCUT2D eigenvalue weighted by Gasteiger charge is -2.06. The fraction of sp³-hybridized carbons (Fsp3) is 0.167. The molecule has 4 heteroatoms. The van der Waals surface area contributed by atoms with Crippen LogP contribution in [0.3, 0.4) is 0 Å². The van der Waals surface area contributed by atoms with Crippen LogP contribution in [-0.4, -0.2) is 9.55 Å². The van der Waals surface area contributed by atoms with Gasteiger partial charge in [0.15, 0.2) is 0 Å². The van der Waals surface area contributed by atoms with E-state index in [0.29, 0.717) is 13.1 Å². The molecule has 0 amide bonds. The molecular formula is C12H13N3O. The van der Waals surface area contributed by atoms with Crippen molar-refractivity contribution >= 4 is 0 Å². The molecule has 0 unspecified atom stereocenters. The van der Waals surface area contributed by atoms with Crippen LogP contribution in [0.25, 0.3) is 0 Å². The Hall–Kier alpha value is -1.94. The maximum absolute atomic E-state index is 11.6. The molecule has 0 aliphatic rings. The van der Waals surface area contributed by atoms with Gasteiger partial charge in [-0.05, 0) is 17.7 Å². The van der Waals surface area contributed by atoms with Crippen LogP contribution in [0.2, 0.25) is 0 Å². The predicted molar refractivity (Wildman–Crippen MR) is 61.9 cm³/mol. The molecule has 16 heavy (non-hydrogen) atoms. The second-order valence-electron chi connectivity index (χ2n) is 3.53. The molecule has 0 aromatic carbocycles. The summed E-state index contributed by atoms with van der Waals surface area (Å²) in [5.74, 6) is 0. The fourth-order valence-electron chi connectivity index (χ4n) is 1.49. The summed E-state index contributed by atoms with van der Waals surface area (Å²) < 4.78 is 1.62. The van der Waals surface area contributed by atoms with Gasteiger partial charge in [-0.3, -0.25) is 9.78 Å². The number of pyridine rings is 2. The SMILES string of the molecule is NCc1ccc(=O)n(Cc2ccccn2)c1. The molecule has 0 fully saturated rings. The van der Waals surface area contributed by atoms with Gasteiger partial charge in [-0.25, -0.2) is 0 Å². The van der Waals surface area contributed by atoms with E-state index in [9.17, 15) is 4.79 Å². The number of hydrogen-bond donors (Lipinski definition) is 1. The van der Waals surface area contributed by atoms with Crippen molar-refractivity contribution in [2.45, 2.75) is 13.1 Å². The first-order valence-corrected chi connectivity index (χ1v) is 5.09. The third-order valence-electron chi connectivity index (χ3n) is 2.34. The Morgan fingerprint density at radius 2 is 2.12 bits per heavy atom. The molecule has 0 bridgehead atoms. The molecular weight excluding hydrogens is 202 g/mol. The minimum atomic E-state index is -0.0390. The van der Waals surface area contributed by atoms with Gasteiger partial charge in [0.25, 0.3) is 5.56 Å². The second kappa shape index (κ2) is 4.72. The largest absolute Gasteiger partial charge is 0.326 e. The van der Waals surface area contributed by atoms with Gasteiger partial charge in [-0.1, -0.05) is 12.1 Å². The zero-order valence-corrected chi connectivity index (χ0v) is 8.84. The Morgan fingerprint density at radius 1 is 1.25 bits per heavy atom. The van der Waals surface area contributed by atoms with E-state index in [1.54, 1.807) is 23.0 Å². The molecule has 0 saturated carbocycles. The van der Waals surface area contributed by atoms with Crippen molar-refractivity contribution in [2.75, 3.05) is 0 Å². The van der Waals surface area contributed by atoms with E-state index in [-0.39, 0.29) is 5.56 Å². The van der Waals surface area contributed by atoms with Crippen LogP contribution >= 0.6 is 0 Å². The summed E-state index contributed by atoms with van der Waals surface area (Å²) in [7, 11) is 0. The quantitative estimate of drug-likeness (QED) is 0.821. The van der Waals surface area contributed by atoms with Crippen LogP contribution in [0.4, 0.5) is 0 Å². The summed E-state index contributed by atoms with van der Waals surface area (Å²) in [5.41, 5.74) is 7.29. The van der Waals surface area contributed by atoms with E-state index in [4.69, 9.17) is 5.73 Å². The third-order valence-corrected chi connectivity index (χ3v) is 2.34. The molecule has 2 aromatic rings. The van der Waals surface area contributed by atoms with Crippen LogP contribution in [0.15, 0.2) is 47.5 Å². The molecule has 0 aliphatic carbocycles. The van der Waals surface area contributed by atoms with Gasteiger partial charge in [-0.2, -0.15) is 0 Å². The molecule has 2 heterocycles. The number of aromatic nitrogens is 2. The van der Waals surface area contributed by atoms with Gasteiger partial charge in [-0.15, -0.1) is 0 Å². The number of hydrogen-bond acceptors (Lipinski definition) is 3. The topological polar surface area (TPSA) is 60.9 Å². The normalized spacial score (nSPS) is 10.3. The van der Waals surface area contributed by atoms with Gasteiger partial charge >= 0.3 is 0 Å².